The first-order valence-electron chi connectivity index (χ1n) is 10.8. The van der Waals surface area contributed by atoms with Crippen LogP contribution in [0.2, 0.25) is 0 Å². The van der Waals surface area contributed by atoms with E-state index >= 15 is 0 Å². The number of nitrogen functional groups attached to an aromatic ring is 1. The Morgan fingerprint density at radius 2 is 1.91 bits per heavy atom. The van der Waals surface area contributed by atoms with Gasteiger partial charge in [0.25, 0.3) is 0 Å². The van der Waals surface area contributed by atoms with Crippen LogP contribution in [-0.4, -0.2) is 74.6 Å². The van der Waals surface area contributed by atoms with E-state index in [0.717, 1.165) is 37.6 Å². The smallest absolute Gasteiger partial charge is 0.228 e. The van der Waals surface area contributed by atoms with Crippen molar-refractivity contribution >= 4 is 34.4 Å². The van der Waals surface area contributed by atoms with Crippen LogP contribution in [0.4, 0.5) is 17.6 Å². The molecule has 0 saturated carbocycles. The Balaban J connectivity index is 1.14. The molecular weight excluding hydrogens is 440 g/mol. The number of hydrogen-bond acceptors (Lipinski definition) is 9. The van der Waals surface area contributed by atoms with Crippen molar-refractivity contribution in [3.63, 3.8) is 0 Å². The van der Waals surface area contributed by atoms with E-state index in [1.165, 1.54) is 10.2 Å². The molecular formula is C22H26N8O2S. The summed E-state index contributed by atoms with van der Waals surface area (Å²) >= 11 is -0.944. The zero-order valence-corrected chi connectivity index (χ0v) is 19.2. The summed E-state index contributed by atoms with van der Waals surface area (Å²) in [6.07, 6.45) is 3.31. The number of nitrogens with two attached hydrogens (primary N) is 1. The fourth-order valence-electron chi connectivity index (χ4n) is 3.94. The normalized spacial score (nSPS) is 15.8. The van der Waals surface area contributed by atoms with Crippen molar-refractivity contribution in [1.29, 1.82) is 0 Å². The van der Waals surface area contributed by atoms with Gasteiger partial charge in [0, 0.05) is 51.0 Å². The van der Waals surface area contributed by atoms with Crippen LogP contribution in [0.5, 0.6) is 0 Å². The van der Waals surface area contributed by atoms with Crippen molar-refractivity contribution in [2.75, 3.05) is 61.5 Å². The minimum Gasteiger partial charge on any atom is -0.612 e. The molecule has 33 heavy (non-hydrogen) atoms. The van der Waals surface area contributed by atoms with Gasteiger partial charge in [0.15, 0.2) is 16.3 Å². The summed E-state index contributed by atoms with van der Waals surface area (Å²) in [6, 6.07) is 13.5. The summed E-state index contributed by atoms with van der Waals surface area (Å²) in [5.41, 5.74) is 8.53. The van der Waals surface area contributed by atoms with E-state index in [1.54, 1.807) is 12.5 Å². The molecule has 3 N–H and O–H groups in total. The molecule has 0 radical (unpaired) electrons. The van der Waals surface area contributed by atoms with Gasteiger partial charge < -0.3 is 24.9 Å². The van der Waals surface area contributed by atoms with E-state index in [9.17, 15) is 4.55 Å². The molecule has 0 aliphatic carbocycles. The maximum Gasteiger partial charge on any atom is 0.228 e. The van der Waals surface area contributed by atoms with Crippen LogP contribution in [0.15, 0.2) is 58.0 Å². The van der Waals surface area contributed by atoms with Gasteiger partial charge in [-0.15, -0.1) is 0 Å². The molecule has 0 spiro atoms. The summed E-state index contributed by atoms with van der Waals surface area (Å²) in [7, 11) is 0. The number of piperazine rings is 1. The maximum absolute atomic E-state index is 11.6. The molecule has 10 nitrogen and oxygen atoms in total. The van der Waals surface area contributed by atoms with Gasteiger partial charge in [-0.3, -0.25) is 4.90 Å². The average molecular weight is 467 g/mol. The number of aromatic nitrogens is 4. The average Bonchev–Trinajstić information content (AvgIpc) is 3.50. The summed E-state index contributed by atoms with van der Waals surface area (Å²) < 4.78 is 18.5. The number of anilines is 3. The highest BCUT2D eigenvalue weighted by molar-refractivity contribution is 7.90. The van der Waals surface area contributed by atoms with E-state index < -0.39 is 11.2 Å². The number of nitrogens with zero attached hydrogens (tertiary/aromatic N) is 6. The standard InChI is InChI=1S/C22H26N8O2S/c1-33(31)17-6-4-16(5-7-17)29-12-10-28(11-13-29)9-8-24-22-25-20-15-18(19-3-2-14-32-19)27-30(20)21(23)26-22/h2-7,14-15H,8-13H2,1H3,(H3,23,24,25,26). The van der Waals surface area contributed by atoms with E-state index in [1.807, 2.05) is 30.3 Å². The van der Waals surface area contributed by atoms with Crippen LogP contribution in [0.3, 0.4) is 0 Å². The highest BCUT2D eigenvalue weighted by atomic mass is 32.2. The lowest BCUT2D eigenvalue weighted by Gasteiger charge is -2.36. The Kier molecular flexibility index (Phi) is 6.07. The predicted octanol–water partition coefficient (Wildman–Crippen LogP) is 1.94. The highest BCUT2D eigenvalue weighted by Gasteiger charge is 2.18. The van der Waals surface area contributed by atoms with Crippen LogP contribution >= 0.6 is 0 Å². The molecule has 1 saturated heterocycles. The monoisotopic (exact) mass is 466 g/mol. The lowest BCUT2D eigenvalue weighted by molar-refractivity contribution is 0.267. The minimum absolute atomic E-state index is 0.270. The Hall–Kier alpha value is -3.28. The van der Waals surface area contributed by atoms with Crippen molar-refractivity contribution in [2.45, 2.75) is 4.90 Å². The van der Waals surface area contributed by atoms with E-state index in [2.05, 4.69) is 42.3 Å². The van der Waals surface area contributed by atoms with Crippen LogP contribution < -0.4 is 16.0 Å². The summed E-state index contributed by atoms with van der Waals surface area (Å²) in [4.78, 5) is 14.5. The molecule has 0 bridgehead atoms. The predicted molar refractivity (Wildman–Crippen MR) is 129 cm³/mol. The molecule has 1 atom stereocenters. The van der Waals surface area contributed by atoms with Crippen LogP contribution in [-0.2, 0) is 11.2 Å². The second kappa shape index (κ2) is 9.30. The molecule has 1 aromatic carbocycles. The maximum atomic E-state index is 11.6. The van der Waals surface area contributed by atoms with Crippen molar-refractivity contribution in [3.05, 3.63) is 48.7 Å². The molecule has 1 aliphatic heterocycles. The summed E-state index contributed by atoms with van der Waals surface area (Å²) in [5, 5.41) is 7.69. The lowest BCUT2D eigenvalue weighted by atomic mass is 10.2. The van der Waals surface area contributed by atoms with Gasteiger partial charge in [-0.25, -0.2) is 0 Å². The van der Waals surface area contributed by atoms with Crippen LogP contribution in [0.1, 0.15) is 0 Å². The quantitative estimate of drug-likeness (QED) is 0.393. The minimum atomic E-state index is -0.944. The molecule has 1 aliphatic rings. The Labute approximate surface area is 194 Å². The number of hydrogen-bond donors (Lipinski definition) is 2. The van der Waals surface area contributed by atoms with Gasteiger partial charge in [-0.2, -0.15) is 19.6 Å². The second-order valence-electron chi connectivity index (χ2n) is 7.89. The molecule has 5 rings (SSSR count). The first-order chi connectivity index (χ1) is 16.1. The van der Waals surface area contributed by atoms with Crippen molar-refractivity contribution in [2.24, 2.45) is 0 Å². The number of fused-ring (bicyclic) bond motifs is 1. The molecule has 172 valence electrons. The molecule has 0 amide bonds. The van der Waals surface area contributed by atoms with Gasteiger partial charge in [0.05, 0.1) is 6.26 Å². The zero-order valence-electron chi connectivity index (χ0n) is 18.3. The number of benzene rings is 1. The molecule has 11 heteroatoms. The van der Waals surface area contributed by atoms with Gasteiger partial charge in [-0.1, -0.05) is 0 Å². The third-order valence-corrected chi connectivity index (χ3v) is 6.68. The fourth-order valence-corrected chi connectivity index (χ4v) is 4.46. The SMILES string of the molecule is C[S+]([O-])c1ccc(N2CCN(CCNc3nc(N)n4nc(-c5ccco5)cc4n3)CC2)cc1. The topological polar surface area (TPSA) is 124 Å². The Morgan fingerprint density at radius 3 is 2.61 bits per heavy atom. The highest BCUT2D eigenvalue weighted by Crippen LogP contribution is 2.21. The van der Waals surface area contributed by atoms with Crippen molar-refractivity contribution in [3.8, 4) is 11.5 Å². The first kappa shape index (κ1) is 21.6. The summed E-state index contributed by atoms with van der Waals surface area (Å²) in [5.74, 6) is 1.41. The van der Waals surface area contributed by atoms with E-state index in [4.69, 9.17) is 10.2 Å². The van der Waals surface area contributed by atoms with Crippen molar-refractivity contribution < 1.29 is 8.97 Å². The first-order valence-corrected chi connectivity index (χ1v) is 12.3. The van der Waals surface area contributed by atoms with E-state index in [-0.39, 0.29) is 5.95 Å². The molecule has 4 heterocycles. The van der Waals surface area contributed by atoms with Crippen molar-refractivity contribution in [1.82, 2.24) is 24.5 Å². The Morgan fingerprint density at radius 1 is 1.12 bits per heavy atom. The second-order valence-corrected chi connectivity index (χ2v) is 9.27. The molecule has 1 unspecified atom stereocenters. The molecule has 1 fully saturated rings. The third kappa shape index (κ3) is 4.75. The van der Waals surface area contributed by atoms with E-state index in [0.29, 0.717) is 29.6 Å². The van der Waals surface area contributed by atoms with Crippen LogP contribution in [0, 0.1) is 0 Å². The van der Waals surface area contributed by atoms with Gasteiger partial charge in [0.2, 0.25) is 11.9 Å². The molecule has 4 aromatic rings. The number of furan rings is 1. The largest absolute Gasteiger partial charge is 0.612 e. The lowest BCUT2D eigenvalue weighted by Crippen LogP contribution is -2.47. The number of nitrogens with one attached hydrogen (secondary N) is 1. The zero-order chi connectivity index (χ0) is 22.8. The van der Waals surface area contributed by atoms with Gasteiger partial charge in [-0.05, 0) is 47.6 Å². The third-order valence-electron chi connectivity index (χ3n) is 5.74. The van der Waals surface area contributed by atoms with Gasteiger partial charge >= 0.3 is 0 Å². The van der Waals surface area contributed by atoms with Crippen LogP contribution in [0.25, 0.3) is 17.1 Å². The number of rotatable bonds is 7. The summed E-state index contributed by atoms with van der Waals surface area (Å²) in [6.45, 7) is 5.45. The molecule has 3 aromatic heterocycles. The Bertz CT molecular complexity index is 1200. The van der Waals surface area contributed by atoms with Gasteiger partial charge in [0.1, 0.15) is 11.9 Å². The fraction of sp³-hybridized carbons (Fsp3) is 0.318.